The molecular formula is C21H20N4O2. The fourth-order valence-electron chi connectivity index (χ4n) is 3.24. The molecule has 1 unspecified atom stereocenters. The third kappa shape index (κ3) is 3.28. The maximum Gasteiger partial charge on any atom is 0.161 e. The van der Waals surface area contributed by atoms with Crippen LogP contribution in [0.4, 0.5) is 5.82 Å². The molecule has 0 aliphatic rings. The van der Waals surface area contributed by atoms with Gasteiger partial charge in [0, 0.05) is 17.3 Å². The molecule has 6 heteroatoms. The third-order valence-corrected chi connectivity index (χ3v) is 4.43. The Hall–Kier alpha value is -3.22. The second kappa shape index (κ2) is 7.57. The highest BCUT2D eigenvalue weighted by atomic mass is 16.5. The molecule has 4 rings (SSSR count). The fourth-order valence-corrected chi connectivity index (χ4v) is 3.24. The van der Waals surface area contributed by atoms with Gasteiger partial charge in [0.25, 0.3) is 0 Å². The highest BCUT2D eigenvalue weighted by Crippen LogP contribution is 2.35. The molecule has 0 fully saturated rings. The number of hydrogen-bond donors (Lipinski definition) is 2. The Labute approximate surface area is 156 Å². The molecule has 2 heterocycles. The topological polar surface area (TPSA) is 86.2 Å². The summed E-state index contributed by atoms with van der Waals surface area (Å²) in [5, 5.41) is 10.1. The number of nitrogens with two attached hydrogens (primary N) is 1. The first-order chi connectivity index (χ1) is 13.3. The van der Waals surface area contributed by atoms with Crippen molar-refractivity contribution in [2.24, 2.45) is 0 Å². The Morgan fingerprint density at radius 3 is 2.41 bits per heavy atom. The second-order valence-corrected chi connectivity index (χ2v) is 6.13. The van der Waals surface area contributed by atoms with Crippen molar-refractivity contribution < 1.29 is 9.84 Å². The van der Waals surface area contributed by atoms with Gasteiger partial charge in [-0.1, -0.05) is 60.7 Å². The van der Waals surface area contributed by atoms with Crippen LogP contribution in [0.5, 0.6) is 0 Å². The van der Waals surface area contributed by atoms with Crippen molar-refractivity contribution in [3.63, 3.8) is 0 Å². The molecule has 4 aromatic rings. The van der Waals surface area contributed by atoms with E-state index < -0.39 is 6.23 Å². The molecule has 136 valence electrons. The molecule has 0 aliphatic carbocycles. The standard InChI is InChI=1S/C21H20N4O2/c22-19-18-17(15-7-3-1-4-8-15)13-25(20(18)24-14-23-19)21(27-12-11-26)16-9-5-2-6-10-16/h1-10,13-14,21,26H,11-12H2,(H2,22,23,24). The van der Waals surface area contributed by atoms with Crippen LogP contribution in [0.15, 0.2) is 73.2 Å². The first kappa shape index (κ1) is 17.2. The van der Waals surface area contributed by atoms with E-state index in [9.17, 15) is 5.11 Å². The van der Waals surface area contributed by atoms with Crippen LogP contribution in [0.25, 0.3) is 22.2 Å². The van der Waals surface area contributed by atoms with Crippen LogP contribution in [-0.2, 0) is 4.74 Å². The zero-order chi connectivity index (χ0) is 18.6. The van der Waals surface area contributed by atoms with Crippen molar-refractivity contribution in [2.75, 3.05) is 18.9 Å². The summed E-state index contributed by atoms with van der Waals surface area (Å²) in [5.41, 5.74) is 9.81. The van der Waals surface area contributed by atoms with Gasteiger partial charge < -0.3 is 20.1 Å². The Morgan fingerprint density at radius 1 is 1.00 bits per heavy atom. The lowest BCUT2D eigenvalue weighted by molar-refractivity contribution is 0.0130. The van der Waals surface area contributed by atoms with E-state index in [1.807, 2.05) is 71.4 Å². The minimum atomic E-state index is -0.437. The predicted octanol–water partition coefficient (Wildman–Crippen LogP) is 3.24. The van der Waals surface area contributed by atoms with Gasteiger partial charge in [-0.2, -0.15) is 0 Å². The summed E-state index contributed by atoms with van der Waals surface area (Å²) in [5.74, 6) is 0.423. The number of fused-ring (bicyclic) bond motifs is 1. The van der Waals surface area contributed by atoms with Gasteiger partial charge in [0.15, 0.2) is 6.23 Å². The maximum atomic E-state index is 9.27. The van der Waals surface area contributed by atoms with Crippen LogP contribution < -0.4 is 5.73 Å². The number of aliphatic hydroxyl groups excluding tert-OH is 1. The summed E-state index contributed by atoms with van der Waals surface area (Å²) in [6.45, 7) is 0.145. The van der Waals surface area contributed by atoms with E-state index in [1.165, 1.54) is 6.33 Å². The molecule has 0 aliphatic heterocycles. The van der Waals surface area contributed by atoms with E-state index in [4.69, 9.17) is 10.5 Å². The van der Waals surface area contributed by atoms with Crippen LogP contribution >= 0.6 is 0 Å². The molecule has 0 radical (unpaired) electrons. The zero-order valence-electron chi connectivity index (χ0n) is 14.7. The lowest BCUT2D eigenvalue weighted by Crippen LogP contribution is -2.16. The average molecular weight is 360 g/mol. The lowest BCUT2D eigenvalue weighted by atomic mass is 10.1. The summed E-state index contributed by atoms with van der Waals surface area (Å²) in [6.07, 6.45) is 3.00. The smallest absolute Gasteiger partial charge is 0.161 e. The molecule has 0 saturated carbocycles. The summed E-state index contributed by atoms with van der Waals surface area (Å²) in [7, 11) is 0. The van der Waals surface area contributed by atoms with Crippen LogP contribution in [0, 0.1) is 0 Å². The number of anilines is 1. The molecular weight excluding hydrogens is 340 g/mol. The summed E-state index contributed by atoms with van der Waals surface area (Å²) < 4.78 is 7.92. The zero-order valence-corrected chi connectivity index (χ0v) is 14.7. The van der Waals surface area contributed by atoms with Crippen molar-refractivity contribution in [3.05, 3.63) is 78.8 Å². The largest absolute Gasteiger partial charge is 0.394 e. The number of benzene rings is 2. The fraction of sp³-hybridized carbons (Fsp3) is 0.143. The number of rotatable bonds is 6. The first-order valence-electron chi connectivity index (χ1n) is 8.73. The summed E-state index contributed by atoms with van der Waals surface area (Å²) in [4.78, 5) is 8.65. The molecule has 2 aromatic carbocycles. The minimum absolute atomic E-state index is 0.0643. The van der Waals surface area contributed by atoms with E-state index in [0.717, 1.165) is 22.1 Å². The number of nitrogens with zero attached hydrogens (tertiary/aromatic N) is 3. The molecule has 27 heavy (non-hydrogen) atoms. The van der Waals surface area contributed by atoms with Crippen molar-refractivity contribution in [2.45, 2.75) is 6.23 Å². The van der Waals surface area contributed by atoms with Gasteiger partial charge in [0.2, 0.25) is 0 Å². The Balaban J connectivity index is 1.94. The van der Waals surface area contributed by atoms with Gasteiger partial charge in [-0.25, -0.2) is 9.97 Å². The minimum Gasteiger partial charge on any atom is -0.394 e. The van der Waals surface area contributed by atoms with Crippen molar-refractivity contribution in [1.82, 2.24) is 14.5 Å². The Morgan fingerprint density at radius 2 is 1.70 bits per heavy atom. The first-order valence-corrected chi connectivity index (χ1v) is 8.73. The van der Waals surface area contributed by atoms with Crippen LogP contribution in [0.1, 0.15) is 11.8 Å². The van der Waals surface area contributed by atoms with Gasteiger partial charge in [-0.15, -0.1) is 0 Å². The molecule has 2 aromatic heterocycles. The van der Waals surface area contributed by atoms with Gasteiger partial charge in [0.1, 0.15) is 17.8 Å². The van der Waals surface area contributed by atoms with E-state index in [0.29, 0.717) is 11.5 Å². The number of hydrogen-bond acceptors (Lipinski definition) is 5. The SMILES string of the molecule is Nc1ncnc2c1c(-c1ccccc1)cn2C(OCCO)c1ccccc1. The normalized spacial score (nSPS) is 12.3. The summed E-state index contributed by atoms with van der Waals surface area (Å²) >= 11 is 0. The molecule has 3 N–H and O–H groups in total. The van der Waals surface area contributed by atoms with Crippen LogP contribution in [0.3, 0.4) is 0 Å². The van der Waals surface area contributed by atoms with E-state index >= 15 is 0 Å². The molecule has 6 nitrogen and oxygen atoms in total. The molecule has 0 bridgehead atoms. The van der Waals surface area contributed by atoms with Crippen LogP contribution in [0.2, 0.25) is 0 Å². The van der Waals surface area contributed by atoms with E-state index in [-0.39, 0.29) is 13.2 Å². The molecule has 0 spiro atoms. The van der Waals surface area contributed by atoms with Crippen molar-refractivity contribution in [1.29, 1.82) is 0 Å². The molecule has 0 amide bonds. The lowest BCUT2D eigenvalue weighted by Gasteiger charge is -2.20. The number of nitrogen functional groups attached to an aromatic ring is 1. The van der Waals surface area contributed by atoms with Crippen molar-refractivity contribution >= 4 is 16.9 Å². The van der Waals surface area contributed by atoms with Gasteiger partial charge in [0.05, 0.1) is 18.6 Å². The van der Waals surface area contributed by atoms with E-state index in [2.05, 4.69) is 9.97 Å². The van der Waals surface area contributed by atoms with Gasteiger partial charge in [-0.05, 0) is 5.56 Å². The monoisotopic (exact) mass is 360 g/mol. The quantitative estimate of drug-likeness (QED) is 0.551. The molecule has 0 saturated heterocycles. The Bertz CT molecular complexity index is 1030. The van der Waals surface area contributed by atoms with Gasteiger partial charge >= 0.3 is 0 Å². The van der Waals surface area contributed by atoms with E-state index in [1.54, 1.807) is 0 Å². The number of aliphatic hydroxyl groups is 1. The van der Waals surface area contributed by atoms with Crippen molar-refractivity contribution in [3.8, 4) is 11.1 Å². The average Bonchev–Trinajstić information content (AvgIpc) is 3.11. The number of aromatic nitrogens is 3. The highest BCUT2D eigenvalue weighted by molar-refractivity contribution is 6.00. The van der Waals surface area contributed by atoms with Gasteiger partial charge in [-0.3, -0.25) is 0 Å². The second-order valence-electron chi connectivity index (χ2n) is 6.13. The van der Waals surface area contributed by atoms with Crippen LogP contribution in [-0.4, -0.2) is 32.9 Å². The third-order valence-electron chi connectivity index (χ3n) is 4.43. The molecule has 1 atom stereocenters. The highest BCUT2D eigenvalue weighted by Gasteiger charge is 2.22. The maximum absolute atomic E-state index is 9.27. The number of ether oxygens (including phenoxy) is 1. The predicted molar refractivity (Wildman–Crippen MR) is 105 cm³/mol. The Kier molecular flexibility index (Phi) is 4.82. The summed E-state index contributed by atoms with van der Waals surface area (Å²) in [6, 6.07) is 19.8.